The summed E-state index contributed by atoms with van der Waals surface area (Å²) in [6.07, 6.45) is 8.60. The van der Waals surface area contributed by atoms with Crippen molar-refractivity contribution >= 4 is 9.84 Å². The van der Waals surface area contributed by atoms with E-state index in [1.807, 2.05) is 0 Å². The Morgan fingerprint density at radius 2 is 2.40 bits per heavy atom. The normalized spacial score (nSPS) is 28.1. The largest absolute Gasteiger partial charge is 0.228 e. The molecule has 0 amide bonds. The SMILES string of the molecule is C#CCC1C=CCS1(=O)=O. The molecule has 0 saturated heterocycles. The first-order chi connectivity index (χ1) is 4.67. The van der Waals surface area contributed by atoms with Gasteiger partial charge in [0.2, 0.25) is 0 Å². The van der Waals surface area contributed by atoms with E-state index in [1.165, 1.54) is 0 Å². The van der Waals surface area contributed by atoms with E-state index in [9.17, 15) is 8.42 Å². The number of hydrogen-bond donors (Lipinski definition) is 0. The van der Waals surface area contributed by atoms with Gasteiger partial charge in [0.25, 0.3) is 0 Å². The first-order valence-corrected chi connectivity index (χ1v) is 4.70. The molecule has 10 heavy (non-hydrogen) atoms. The molecule has 1 atom stereocenters. The summed E-state index contributed by atoms with van der Waals surface area (Å²) in [6.45, 7) is 0. The predicted molar refractivity (Wildman–Crippen MR) is 40.2 cm³/mol. The van der Waals surface area contributed by atoms with Crippen LogP contribution in [0.3, 0.4) is 0 Å². The van der Waals surface area contributed by atoms with Gasteiger partial charge >= 0.3 is 0 Å². The van der Waals surface area contributed by atoms with Gasteiger partial charge in [0.05, 0.1) is 11.0 Å². The fourth-order valence-corrected chi connectivity index (χ4v) is 2.22. The van der Waals surface area contributed by atoms with E-state index in [2.05, 4.69) is 5.92 Å². The number of rotatable bonds is 1. The Kier molecular flexibility index (Phi) is 1.82. The Bertz CT molecular complexity index is 279. The molecule has 1 rings (SSSR count). The average molecular weight is 156 g/mol. The minimum Gasteiger partial charge on any atom is -0.228 e. The summed E-state index contributed by atoms with van der Waals surface area (Å²) in [5.41, 5.74) is 0. The monoisotopic (exact) mass is 156 g/mol. The van der Waals surface area contributed by atoms with Gasteiger partial charge in [-0.1, -0.05) is 12.2 Å². The molecule has 0 aliphatic carbocycles. The van der Waals surface area contributed by atoms with Crippen LogP contribution in [-0.4, -0.2) is 19.4 Å². The van der Waals surface area contributed by atoms with Crippen LogP contribution in [0.25, 0.3) is 0 Å². The van der Waals surface area contributed by atoms with E-state index < -0.39 is 15.1 Å². The molecule has 0 aromatic rings. The fraction of sp³-hybridized carbons (Fsp3) is 0.429. The summed E-state index contributed by atoms with van der Waals surface area (Å²) in [6, 6.07) is 0. The summed E-state index contributed by atoms with van der Waals surface area (Å²) in [4.78, 5) is 0. The standard InChI is InChI=1S/C7H8O2S/c1-2-4-7-5-3-6-10(7,8)9/h1,3,5,7H,4,6H2. The van der Waals surface area contributed by atoms with Crippen LogP contribution >= 0.6 is 0 Å². The Morgan fingerprint density at radius 1 is 1.70 bits per heavy atom. The second kappa shape index (κ2) is 2.47. The highest BCUT2D eigenvalue weighted by molar-refractivity contribution is 7.92. The van der Waals surface area contributed by atoms with Gasteiger partial charge in [0, 0.05) is 6.42 Å². The van der Waals surface area contributed by atoms with Crippen molar-refractivity contribution in [1.29, 1.82) is 0 Å². The van der Waals surface area contributed by atoms with Crippen molar-refractivity contribution in [3.05, 3.63) is 12.2 Å². The van der Waals surface area contributed by atoms with Crippen LogP contribution in [-0.2, 0) is 9.84 Å². The average Bonchev–Trinajstić information content (AvgIpc) is 2.13. The highest BCUT2D eigenvalue weighted by atomic mass is 32.2. The van der Waals surface area contributed by atoms with Crippen LogP contribution in [0.2, 0.25) is 0 Å². The molecular weight excluding hydrogens is 148 g/mol. The molecule has 54 valence electrons. The maximum atomic E-state index is 11.0. The molecule has 1 aliphatic heterocycles. The van der Waals surface area contributed by atoms with E-state index in [0.29, 0.717) is 6.42 Å². The van der Waals surface area contributed by atoms with E-state index in [-0.39, 0.29) is 5.75 Å². The zero-order chi connectivity index (χ0) is 7.61. The molecule has 0 spiro atoms. The van der Waals surface area contributed by atoms with E-state index in [0.717, 1.165) is 0 Å². The highest BCUT2D eigenvalue weighted by Crippen LogP contribution is 2.14. The predicted octanol–water partition coefficient (Wildman–Crippen LogP) is 0.363. The van der Waals surface area contributed by atoms with Crippen LogP contribution in [0.4, 0.5) is 0 Å². The maximum absolute atomic E-state index is 11.0. The summed E-state index contributed by atoms with van der Waals surface area (Å²) in [7, 11) is -2.90. The van der Waals surface area contributed by atoms with Gasteiger partial charge in [0.15, 0.2) is 9.84 Å². The first kappa shape index (κ1) is 7.36. The van der Waals surface area contributed by atoms with Gasteiger partial charge in [-0.3, -0.25) is 0 Å². The van der Waals surface area contributed by atoms with Gasteiger partial charge in [-0.2, -0.15) is 0 Å². The van der Waals surface area contributed by atoms with Crippen LogP contribution in [0, 0.1) is 12.3 Å². The minimum atomic E-state index is -2.90. The van der Waals surface area contributed by atoms with Gasteiger partial charge in [-0.25, -0.2) is 8.42 Å². The van der Waals surface area contributed by atoms with Crippen LogP contribution in [0.1, 0.15) is 6.42 Å². The molecule has 3 heteroatoms. The topological polar surface area (TPSA) is 34.1 Å². The molecule has 0 bridgehead atoms. The fourth-order valence-electron chi connectivity index (χ4n) is 0.896. The molecule has 0 saturated carbocycles. The van der Waals surface area contributed by atoms with Crippen molar-refractivity contribution in [2.45, 2.75) is 11.7 Å². The lowest BCUT2D eigenvalue weighted by Crippen LogP contribution is -2.15. The van der Waals surface area contributed by atoms with Gasteiger partial charge in [-0.05, 0) is 0 Å². The van der Waals surface area contributed by atoms with Crippen molar-refractivity contribution < 1.29 is 8.42 Å². The molecule has 0 radical (unpaired) electrons. The smallest absolute Gasteiger partial charge is 0.161 e. The Morgan fingerprint density at radius 3 is 2.80 bits per heavy atom. The van der Waals surface area contributed by atoms with E-state index >= 15 is 0 Å². The number of sulfone groups is 1. The zero-order valence-electron chi connectivity index (χ0n) is 5.45. The van der Waals surface area contributed by atoms with Crippen LogP contribution in [0.5, 0.6) is 0 Å². The van der Waals surface area contributed by atoms with Crippen LogP contribution < -0.4 is 0 Å². The molecule has 1 aliphatic rings. The highest BCUT2D eigenvalue weighted by Gasteiger charge is 2.24. The third-order valence-electron chi connectivity index (χ3n) is 1.46. The third kappa shape index (κ3) is 1.22. The van der Waals surface area contributed by atoms with Crippen molar-refractivity contribution in [3.63, 3.8) is 0 Å². The second-order valence-corrected chi connectivity index (χ2v) is 4.47. The van der Waals surface area contributed by atoms with Crippen molar-refractivity contribution in [2.24, 2.45) is 0 Å². The quantitative estimate of drug-likeness (QED) is 0.406. The number of terminal acetylenes is 1. The maximum Gasteiger partial charge on any atom is 0.161 e. The summed E-state index contributed by atoms with van der Waals surface area (Å²) in [5, 5.41) is -0.419. The van der Waals surface area contributed by atoms with Gasteiger partial charge < -0.3 is 0 Å². The molecule has 0 fully saturated rings. The van der Waals surface area contributed by atoms with Crippen molar-refractivity contribution in [2.75, 3.05) is 5.75 Å². The Labute approximate surface area is 60.9 Å². The molecule has 0 aromatic carbocycles. The van der Waals surface area contributed by atoms with E-state index in [1.54, 1.807) is 12.2 Å². The lowest BCUT2D eigenvalue weighted by molar-refractivity contribution is 0.594. The van der Waals surface area contributed by atoms with Gasteiger partial charge in [0.1, 0.15) is 0 Å². The molecule has 2 nitrogen and oxygen atoms in total. The molecule has 1 unspecified atom stereocenters. The first-order valence-electron chi connectivity index (χ1n) is 2.98. The van der Waals surface area contributed by atoms with Crippen molar-refractivity contribution in [1.82, 2.24) is 0 Å². The van der Waals surface area contributed by atoms with Gasteiger partial charge in [-0.15, -0.1) is 12.3 Å². The van der Waals surface area contributed by atoms with Crippen LogP contribution in [0.15, 0.2) is 12.2 Å². The lowest BCUT2D eigenvalue weighted by atomic mass is 10.3. The molecule has 1 heterocycles. The third-order valence-corrected chi connectivity index (χ3v) is 3.36. The summed E-state index contributed by atoms with van der Waals surface area (Å²) in [5.74, 6) is 2.49. The lowest BCUT2D eigenvalue weighted by Gasteiger charge is -2.01. The molecule has 0 aromatic heterocycles. The Balaban J connectivity index is 2.80. The van der Waals surface area contributed by atoms with E-state index in [4.69, 9.17) is 6.42 Å². The number of hydrogen-bond acceptors (Lipinski definition) is 2. The summed E-state index contributed by atoms with van der Waals surface area (Å²) < 4.78 is 22.0. The van der Waals surface area contributed by atoms with Crippen molar-refractivity contribution in [3.8, 4) is 12.3 Å². The summed E-state index contributed by atoms with van der Waals surface area (Å²) >= 11 is 0. The minimum absolute atomic E-state index is 0.152. The molecular formula is C7H8O2S. The zero-order valence-corrected chi connectivity index (χ0v) is 6.26. The molecule has 0 N–H and O–H groups in total. The Hall–Kier alpha value is -0.750. The second-order valence-electron chi connectivity index (χ2n) is 2.20.